The third kappa shape index (κ3) is 3.39. The van der Waals surface area contributed by atoms with E-state index in [2.05, 4.69) is 21.8 Å². The van der Waals surface area contributed by atoms with Crippen molar-refractivity contribution in [2.24, 2.45) is 0 Å². The maximum absolute atomic E-state index is 10.9. The molecule has 0 spiro atoms. The Bertz CT molecular complexity index is 587. The van der Waals surface area contributed by atoms with Crippen molar-refractivity contribution < 1.29 is 9.90 Å². The highest BCUT2D eigenvalue weighted by Gasteiger charge is 2.13. The molecule has 0 bridgehead atoms. The Balaban J connectivity index is 2.09. The number of carboxylic acids is 1. The standard InChI is InChI=1S/C15H17N3O2/c1-11(12-5-4-8-16-9-12)18(2)10-13-6-3-7-14(17-13)15(19)20/h3-9,11H,10H2,1-2H3,(H,19,20)/t11-/m1/s1. The fourth-order valence-electron chi connectivity index (χ4n) is 1.96. The van der Waals surface area contributed by atoms with Crippen LogP contribution in [0.4, 0.5) is 0 Å². The van der Waals surface area contributed by atoms with E-state index >= 15 is 0 Å². The van der Waals surface area contributed by atoms with Crippen LogP contribution in [0.25, 0.3) is 0 Å². The zero-order valence-corrected chi connectivity index (χ0v) is 11.5. The third-order valence-electron chi connectivity index (χ3n) is 3.27. The Kier molecular flexibility index (Phi) is 4.42. The molecule has 0 unspecified atom stereocenters. The largest absolute Gasteiger partial charge is 0.477 e. The summed E-state index contributed by atoms with van der Waals surface area (Å²) in [5, 5.41) is 8.95. The van der Waals surface area contributed by atoms with Crippen LogP contribution in [0.2, 0.25) is 0 Å². The number of rotatable bonds is 5. The summed E-state index contributed by atoms with van der Waals surface area (Å²) in [5.41, 5.74) is 1.93. The lowest BCUT2D eigenvalue weighted by atomic mass is 10.1. The van der Waals surface area contributed by atoms with Gasteiger partial charge in [-0.15, -0.1) is 0 Å². The number of aromatic nitrogens is 2. The molecule has 2 rings (SSSR count). The van der Waals surface area contributed by atoms with Gasteiger partial charge in [-0.1, -0.05) is 12.1 Å². The summed E-state index contributed by atoms with van der Waals surface area (Å²) in [6, 6.07) is 9.15. The Morgan fingerprint density at radius 2 is 2.15 bits per heavy atom. The Morgan fingerprint density at radius 1 is 1.35 bits per heavy atom. The van der Waals surface area contributed by atoms with Crippen LogP contribution in [0.5, 0.6) is 0 Å². The molecule has 2 aromatic heterocycles. The number of hydrogen-bond acceptors (Lipinski definition) is 4. The van der Waals surface area contributed by atoms with Crippen molar-refractivity contribution >= 4 is 5.97 Å². The molecule has 1 atom stereocenters. The van der Waals surface area contributed by atoms with E-state index in [0.29, 0.717) is 6.54 Å². The maximum atomic E-state index is 10.9. The number of aromatic carboxylic acids is 1. The zero-order valence-electron chi connectivity index (χ0n) is 11.5. The lowest BCUT2D eigenvalue weighted by Gasteiger charge is -2.24. The van der Waals surface area contributed by atoms with Crippen molar-refractivity contribution in [1.29, 1.82) is 0 Å². The zero-order chi connectivity index (χ0) is 14.5. The maximum Gasteiger partial charge on any atom is 0.354 e. The van der Waals surface area contributed by atoms with E-state index in [0.717, 1.165) is 11.3 Å². The Hall–Kier alpha value is -2.27. The van der Waals surface area contributed by atoms with Gasteiger partial charge in [0, 0.05) is 25.0 Å². The van der Waals surface area contributed by atoms with Crippen molar-refractivity contribution in [2.75, 3.05) is 7.05 Å². The molecular weight excluding hydrogens is 254 g/mol. The SMILES string of the molecule is C[C@H](c1cccnc1)N(C)Cc1cccc(C(=O)O)n1. The molecule has 2 heterocycles. The predicted molar refractivity (Wildman–Crippen MR) is 75.3 cm³/mol. The van der Waals surface area contributed by atoms with Gasteiger partial charge in [0.05, 0.1) is 5.69 Å². The van der Waals surface area contributed by atoms with Crippen LogP contribution >= 0.6 is 0 Å². The molecule has 0 aliphatic carbocycles. The fourth-order valence-corrected chi connectivity index (χ4v) is 1.96. The summed E-state index contributed by atoms with van der Waals surface area (Å²) < 4.78 is 0. The van der Waals surface area contributed by atoms with E-state index in [1.807, 2.05) is 31.4 Å². The van der Waals surface area contributed by atoms with Crippen molar-refractivity contribution in [3.8, 4) is 0 Å². The first kappa shape index (κ1) is 14.1. The number of nitrogens with zero attached hydrogens (tertiary/aromatic N) is 3. The topological polar surface area (TPSA) is 66.3 Å². The fraction of sp³-hybridized carbons (Fsp3) is 0.267. The normalized spacial score (nSPS) is 12.3. The molecule has 5 heteroatoms. The average Bonchev–Trinajstić information content (AvgIpc) is 2.47. The van der Waals surface area contributed by atoms with E-state index < -0.39 is 5.97 Å². The second kappa shape index (κ2) is 6.25. The minimum Gasteiger partial charge on any atom is -0.477 e. The highest BCUT2D eigenvalue weighted by atomic mass is 16.4. The van der Waals surface area contributed by atoms with Crippen LogP contribution in [0.15, 0.2) is 42.7 Å². The summed E-state index contributed by atoms with van der Waals surface area (Å²) in [4.78, 5) is 21.3. The van der Waals surface area contributed by atoms with Gasteiger partial charge >= 0.3 is 5.97 Å². The lowest BCUT2D eigenvalue weighted by Crippen LogP contribution is -2.23. The van der Waals surface area contributed by atoms with Crippen LogP contribution in [0.1, 0.15) is 34.7 Å². The summed E-state index contributed by atoms with van der Waals surface area (Å²) in [7, 11) is 1.98. The molecule has 0 aliphatic heterocycles. The van der Waals surface area contributed by atoms with Crippen LogP contribution < -0.4 is 0 Å². The van der Waals surface area contributed by atoms with Gasteiger partial charge in [-0.2, -0.15) is 0 Å². The Labute approximate surface area is 117 Å². The van der Waals surface area contributed by atoms with Crippen molar-refractivity contribution in [3.05, 3.63) is 59.7 Å². The van der Waals surface area contributed by atoms with E-state index in [9.17, 15) is 4.79 Å². The Morgan fingerprint density at radius 3 is 2.80 bits per heavy atom. The summed E-state index contributed by atoms with van der Waals surface area (Å²) in [5.74, 6) is -1.00. The van der Waals surface area contributed by atoms with Gasteiger partial charge in [-0.3, -0.25) is 9.88 Å². The molecule has 0 fully saturated rings. The first-order valence-corrected chi connectivity index (χ1v) is 6.37. The molecule has 0 saturated carbocycles. The van der Waals surface area contributed by atoms with Gasteiger partial charge in [-0.25, -0.2) is 9.78 Å². The molecular formula is C15H17N3O2. The highest BCUT2D eigenvalue weighted by molar-refractivity contribution is 5.85. The van der Waals surface area contributed by atoms with E-state index in [1.165, 1.54) is 6.07 Å². The second-order valence-corrected chi connectivity index (χ2v) is 4.70. The molecule has 0 aromatic carbocycles. The predicted octanol–water partition coefficient (Wildman–Crippen LogP) is 2.37. The molecule has 1 N–H and O–H groups in total. The molecule has 20 heavy (non-hydrogen) atoms. The van der Waals surface area contributed by atoms with Gasteiger partial charge in [0.15, 0.2) is 0 Å². The smallest absolute Gasteiger partial charge is 0.354 e. The summed E-state index contributed by atoms with van der Waals surface area (Å²) >= 11 is 0. The average molecular weight is 271 g/mol. The van der Waals surface area contributed by atoms with Gasteiger partial charge in [-0.05, 0) is 37.7 Å². The van der Waals surface area contributed by atoms with Crippen molar-refractivity contribution in [1.82, 2.24) is 14.9 Å². The number of pyridine rings is 2. The summed E-state index contributed by atoms with van der Waals surface area (Å²) in [6.45, 7) is 2.66. The quantitative estimate of drug-likeness (QED) is 0.904. The van der Waals surface area contributed by atoms with Gasteiger partial charge < -0.3 is 5.11 Å². The number of hydrogen-bond donors (Lipinski definition) is 1. The van der Waals surface area contributed by atoms with Crippen LogP contribution in [0, 0.1) is 0 Å². The minimum absolute atomic E-state index is 0.0740. The van der Waals surface area contributed by atoms with E-state index in [-0.39, 0.29) is 11.7 Å². The monoisotopic (exact) mass is 271 g/mol. The van der Waals surface area contributed by atoms with Crippen molar-refractivity contribution in [2.45, 2.75) is 19.5 Å². The second-order valence-electron chi connectivity index (χ2n) is 4.70. The first-order chi connectivity index (χ1) is 9.58. The third-order valence-corrected chi connectivity index (χ3v) is 3.27. The van der Waals surface area contributed by atoms with Crippen molar-refractivity contribution in [3.63, 3.8) is 0 Å². The molecule has 0 saturated heterocycles. The molecule has 0 aliphatic rings. The van der Waals surface area contributed by atoms with E-state index in [1.54, 1.807) is 12.3 Å². The van der Waals surface area contributed by atoms with Gasteiger partial charge in [0.2, 0.25) is 0 Å². The van der Waals surface area contributed by atoms with Crippen LogP contribution in [0.3, 0.4) is 0 Å². The minimum atomic E-state index is -1.00. The molecule has 0 amide bonds. The molecule has 5 nitrogen and oxygen atoms in total. The number of carbonyl (C=O) groups is 1. The molecule has 2 aromatic rings. The molecule has 104 valence electrons. The number of carboxylic acid groups (broad SMARTS) is 1. The lowest BCUT2D eigenvalue weighted by molar-refractivity contribution is 0.0690. The van der Waals surface area contributed by atoms with Gasteiger partial charge in [0.1, 0.15) is 5.69 Å². The van der Waals surface area contributed by atoms with Crippen LogP contribution in [-0.2, 0) is 6.54 Å². The van der Waals surface area contributed by atoms with E-state index in [4.69, 9.17) is 5.11 Å². The summed E-state index contributed by atoms with van der Waals surface area (Å²) in [6.07, 6.45) is 3.58. The van der Waals surface area contributed by atoms with Gasteiger partial charge in [0.25, 0.3) is 0 Å². The molecule has 0 radical (unpaired) electrons. The highest BCUT2D eigenvalue weighted by Crippen LogP contribution is 2.19. The first-order valence-electron chi connectivity index (χ1n) is 6.37. The van der Waals surface area contributed by atoms with Crippen LogP contribution in [-0.4, -0.2) is 33.0 Å².